The van der Waals surface area contributed by atoms with Crippen molar-refractivity contribution < 1.29 is 19.1 Å². The standard InChI is InChI=1S/C21H23NO4/c1-3-8-14(2)22-19(23)13-25-21(24)20-15-9-4-6-11-17(15)26-18-12-7-5-10-16(18)20/h4-7,9-12,14,20H,3,8,13H2,1-2H3,(H,22,23)/t14-/m0/s1. The SMILES string of the molecule is CCC[C@H](C)NC(=O)COC(=O)C1c2ccccc2Oc2ccccc21. The van der Waals surface area contributed by atoms with Gasteiger partial charge >= 0.3 is 5.97 Å². The van der Waals surface area contributed by atoms with E-state index in [0.717, 1.165) is 24.0 Å². The van der Waals surface area contributed by atoms with Crippen LogP contribution in [0.1, 0.15) is 43.7 Å². The van der Waals surface area contributed by atoms with Gasteiger partial charge in [0.05, 0.1) is 0 Å². The maximum atomic E-state index is 12.8. The number of carbonyl (C=O) groups excluding carboxylic acids is 2. The molecule has 0 saturated heterocycles. The first-order valence-corrected chi connectivity index (χ1v) is 8.91. The lowest BCUT2D eigenvalue weighted by Crippen LogP contribution is -2.36. The van der Waals surface area contributed by atoms with Gasteiger partial charge in [-0.15, -0.1) is 0 Å². The van der Waals surface area contributed by atoms with Gasteiger partial charge in [0.15, 0.2) is 6.61 Å². The second kappa shape index (κ2) is 8.04. The summed E-state index contributed by atoms with van der Waals surface area (Å²) in [5.74, 6) is -0.0696. The molecule has 2 aromatic carbocycles. The van der Waals surface area contributed by atoms with Gasteiger partial charge in [0.2, 0.25) is 0 Å². The van der Waals surface area contributed by atoms with Crippen molar-refractivity contribution in [1.29, 1.82) is 0 Å². The molecule has 1 aliphatic rings. The number of benzene rings is 2. The van der Waals surface area contributed by atoms with Gasteiger partial charge in [-0.25, -0.2) is 0 Å². The summed E-state index contributed by atoms with van der Waals surface area (Å²) in [4.78, 5) is 24.8. The van der Waals surface area contributed by atoms with Crippen LogP contribution in [0.25, 0.3) is 0 Å². The second-order valence-electron chi connectivity index (χ2n) is 6.48. The van der Waals surface area contributed by atoms with Gasteiger partial charge < -0.3 is 14.8 Å². The third-order valence-corrected chi connectivity index (χ3v) is 4.39. The highest BCUT2D eigenvalue weighted by atomic mass is 16.5. The molecule has 0 bridgehead atoms. The van der Waals surface area contributed by atoms with Crippen LogP contribution < -0.4 is 10.1 Å². The minimum absolute atomic E-state index is 0.0655. The number of amides is 1. The molecule has 26 heavy (non-hydrogen) atoms. The van der Waals surface area contributed by atoms with E-state index in [2.05, 4.69) is 12.2 Å². The molecule has 0 aromatic heterocycles. The fraction of sp³-hybridized carbons (Fsp3) is 0.333. The third-order valence-electron chi connectivity index (χ3n) is 4.39. The molecule has 1 N–H and O–H groups in total. The molecule has 5 heteroatoms. The Hall–Kier alpha value is -2.82. The smallest absolute Gasteiger partial charge is 0.318 e. The van der Waals surface area contributed by atoms with E-state index >= 15 is 0 Å². The summed E-state index contributed by atoms with van der Waals surface area (Å²) in [6.45, 7) is 3.71. The van der Waals surface area contributed by atoms with Gasteiger partial charge in [-0.1, -0.05) is 49.7 Å². The Morgan fingerprint density at radius 1 is 1.08 bits per heavy atom. The zero-order valence-electron chi connectivity index (χ0n) is 15.0. The first-order valence-electron chi connectivity index (χ1n) is 8.91. The van der Waals surface area contributed by atoms with Gasteiger partial charge in [-0.2, -0.15) is 0 Å². The van der Waals surface area contributed by atoms with Crippen LogP contribution in [-0.4, -0.2) is 24.5 Å². The lowest BCUT2D eigenvalue weighted by atomic mass is 9.88. The van der Waals surface area contributed by atoms with E-state index in [1.807, 2.05) is 55.5 Å². The Balaban J connectivity index is 1.74. The van der Waals surface area contributed by atoms with Crippen molar-refractivity contribution in [2.45, 2.75) is 38.6 Å². The molecule has 1 amide bonds. The second-order valence-corrected chi connectivity index (χ2v) is 6.48. The highest BCUT2D eigenvalue weighted by Crippen LogP contribution is 2.44. The van der Waals surface area contributed by atoms with Crippen molar-refractivity contribution in [3.63, 3.8) is 0 Å². The Bertz CT molecular complexity index is 757. The number of hydrogen-bond acceptors (Lipinski definition) is 4. The zero-order chi connectivity index (χ0) is 18.5. The molecule has 5 nitrogen and oxygen atoms in total. The Labute approximate surface area is 153 Å². The average molecular weight is 353 g/mol. The fourth-order valence-corrected chi connectivity index (χ4v) is 3.21. The van der Waals surface area contributed by atoms with Crippen molar-refractivity contribution in [3.8, 4) is 11.5 Å². The minimum Gasteiger partial charge on any atom is -0.457 e. The minimum atomic E-state index is -0.600. The fourth-order valence-electron chi connectivity index (χ4n) is 3.21. The maximum Gasteiger partial charge on any atom is 0.318 e. The summed E-state index contributed by atoms with van der Waals surface area (Å²) in [7, 11) is 0. The highest BCUT2D eigenvalue weighted by Gasteiger charge is 2.33. The predicted octanol–water partition coefficient (Wildman–Crippen LogP) is 3.77. The summed E-state index contributed by atoms with van der Waals surface area (Å²) in [5, 5.41) is 2.84. The predicted molar refractivity (Wildman–Crippen MR) is 98.3 cm³/mol. The van der Waals surface area contributed by atoms with Crippen LogP contribution in [0, 0.1) is 0 Å². The van der Waals surface area contributed by atoms with Crippen molar-refractivity contribution >= 4 is 11.9 Å². The summed E-state index contributed by atoms with van der Waals surface area (Å²) in [5.41, 5.74) is 1.49. The lowest BCUT2D eigenvalue weighted by molar-refractivity contribution is -0.149. The third kappa shape index (κ3) is 3.87. The van der Waals surface area contributed by atoms with Crippen LogP contribution in [0.15, 0.2) is 48.5 Å². The van der Waals surface area contributed by atoms with Gasteiger partial charge in [-0.05, 0) is 25.5 Å². The number of hydrogen-bond donors (Lipinski definition) is 1. The highest BCUT2D eigenvalue weighted by molar-refractivity contribution is 5.87. The Morgan fingerprint density at radius 2 is 1.65 bits per heavy atom. The first-order chi connectivity index (χ1) is 12.6. The van der Waals surface area contributed by atoms with E-state index < -0.39 is 11.9 Å². The van der Waals surface area contributed by atoms with E-state index in [1.54, 1.807) is 0 Å². The van der Waals surface area contributed by atoms with Crippen LogP contribution in [0.4, 0.5) is 0 Å². The van der Waals surface area contributed by atoms with Crippen molar-refractivity contribution in [2.24, 2.45) is 0 Å². The Kier molecular flexibility index (Phi) is 5.56. The largest absolute Gasteiger partial charge is 0.457 e. The molecule has 0 radical (unpaired) electrons. The summed E-state index contributed by atoms with van der Waals surface area (Å²) in [6.07, 6.45) is 1.87. The molecule has 1 heterocycles. The van der Waals surface area contributed by atoms with Crippen LogP contribution in [0.5, 0.6) is 11.5 Å². The van der Waals surface area contributed by atoms with Crippen LogP contribution in [0.2, 0.25) is 0 Å². The lowest BCUT2D eigenvalue weighted by Gasteiger charge is -2.26. The molecule has 1 atom stereocenters. The van der Waals surface area contributed by atoms with E-state index in [9.17, 15) is 9.59 Å². The van der Waals surface area contributed by atoms with Crippen molar-refractivity contribution in [1.82, 2.24) is 5.32 Å². The average Bonchev–Trinajstić information content (AvgIpc) is 2.64. The van der Waals surface area contributed by atoms with Crippen LogP contribution in [0.3, 0.4) is 0 Å². The van der Waals surface area contributed by atoms with Crippen LogP contribution >= 0.6 is 0 Å². The van der Waals surface area contributed by atoms with Crippen molar-refractivity contribution in [3.05, 3.63) is 59.7 Å². The molecule has 136 valence electrons. The Morgan fingerprint density at radius 3 is 2.23 bits per heavy atom. The monoisotopic (exact) mass is 353 g/mol. The van der Waals surface area contributed by atoms with Crippen LogP contribution in [-0.2, 0) is 14.3 Å². The normalized spacial score (nSPS) is 13.8. The molecular weight excluding hydrogens is 330 g/mol. The molecule has 0 spiro atoms. The number of rotatable bonds is 6. The van der Waals surface area contributed by atoms with Gasteiger partial charge in [0, 0.05) is 17.2 Å². The van der Waals surface area contributed by atoms with E-state index in [1.165, 1.54) is 0 Å². The number of nitrogens with one attached hydrogen (secondary N) is 1. The molecule has 2 aromatic rings. The van der Waals surface area contributed by atoms with E-state index in [0.29, 0.717) is 11.5 Å². The molecule has 0 aliphatic carbocycles. The van der Waals surface area contributed by atoms with Crippen molar-refractivity contribution in [2.75, 3.05) is 6.61 Å². The van der Waals surface area contributed by atoms with Gasteiger partial charge in [0.25, 0.3) is 5.91 Å². The molecule has 1 aliphatic heterocycles. The first kappa shape index (κ1) is 18.0. The summed E-state index contributed by atoms with van der Waals surface area (Å²) >= 11 is 0. The number of esters is 1. The number of ether oxygens (including phenoxy) is 2. The van der Waals surface area contributed by atoms with E-state index in [4.69, 9.17) is 9.47 Å². The molecule has 0 unspecified atom stereocenters. The molecule has 3 rings (SSSR count). The van der Waals surface area contributed by atoms with Gasteiger partial charge in [-0.3, -0.25) is 9.59 Å². The van der Waals surface area contributed by atoms with E-state index in [-0.39, 0.29) is 18.6 Å². The topological polar surface area (TPSA) is 64.6 Å². The zero-order valence-corrected chi connectivity index (χ0v) is 15.0. The number of para-hydroxylation sites is 2. The molecule has 0 fully saturated rings. The summed E-state index contributed by atoms with van der Waals surface area (Å²) < 4.78 is 11.2. The summed E-state index contributed by atoms with van der Waals surface area (Å²) in [6, 6.07) is 14.8. The maximum absolute atomic E-state index is 12.8. The molecular formula is C21H23NO4. The number of carbonyl (C=O) groups is 2. The molecule has 0 saturated carbocycles. The quantitative estimate of drug-likeness (QED) is 0.803. The number of fused-ring (bicyclic) bond motifs is 2. The van der Waals surface area contributed by atoms with Gasteiger partial charge in [0.1, 0.15) is 17.4 Å².